The average Bonchev–Trinajstić information content (AvgIpc) is 3.15. The predicted molar refractivity (Wildman–Crippen MR) is 97.6 cm³/mol. The topological polar surface area (TPSA) is 79.8 Å². The Hall–Kier alpha value is -2.47. The highest BCUT2D eigenvalue weighted by atomic mass is 35.5. The lowest BCUT2D eigenvalue weighted by Crippen LogP contribution is -2.50. The van der Waals surface area contributed by atoms with Crippen LogP contribution < -0.4 is 5.73 Å². The van der Waals surface area contributed by atoms with E-state index < -0.39 is 0 Å². The van der Waals surface area contributed by atoms with Crippen LogP contribution in [0.1, 0.15) is 22.5 Å². The van der Waals surface area contributed by atoms with Crippen molar-refractivity contribution in [3.8, 4) is 0 Å². The summed E-state index contributed by atoms with van der Waals surface area (Å²) in [6.45, 7) is 2.16. The number of anilines is 1. The molecule has 7 heteroatoms. The molecule has 2 heterocycles. The van der Waals surface area contributed by atoms with Gasteiger partial charge >= 0.3 is 0 Å². The molecule has 2 amide bonds. The Balaban J connectivity index is 0.00000225. The number of amides is 2. The van der Waals surface area contributed by atoms with Gasteiger partial charge in [-0.25, -0.2) is 0 Å². The Morgan fingerprint density at radius 2 is 1.68 bits per heavy atom. The van der Waals surface area contributed by atoms with E-state index >= 15 is 0 Å². The van der Waals surface area contributed by atoms with Gasteiger partial charge in [-0.1, -0.05) is 18.2 Å². The third-order valence-corrected chi connectivity index (χ3v) is 4.31. The van der Waals surface area contributed by atoms with Crippen molar-refractivity contribution in [2.45, 2.75) is 12.8 Å². The highest BCUT2D eigenvalue weighted by Crippen LogP contribution is 2.15. The van der Waals surface area contributed by atoms with E-state index in [0.29, 0.717) is 44.8 Å². The second kappa shape index (κ2) is 8.58. The van der Waals surface area contributed by atoms with E-state index in [1.54, 1.807) is 17.0 Å². The summed E-state index contributed by atoms with van der Waals surface area (Å²) in [4.78, 5) is 28.1. The molecule has 0 unspecified atom stereocenters. The number of carbonyl (C=O) groups excluding carboxylic acids is 2. The molecule has 1 saturated heterocycles. The molecule has 2 aromatic rings. The highest BCUT2D eigenvalue weighted by Gasteiger charge is 2.25. The van der Waals surface area contributed by atoms with Crippen molar-refractivity contribution < 1.29 is 14.0 Å². The van der Waals surface area contributed by atoms with Crippen LogP contribution in [0.15, 0.2) is 47.1 Å². The third kappa shape index (κ3) is 4.54. The molecule has 25 heavy (non-hydrogen) atoms. The van der Waals surface area contributed by atoms with Crippen LogP contribution in [-0.2, 0) is 11.2 Å². The summed E-state index contributed by atoms with van der Waals surface area (Å²) in [5, 5.41) is 0. The van der Waals surface area contributed by atoms with Crippen LogP contribution in [0.5, 0.6) is 0 Å². The molecule has 2 N–H and O–H groups in total. The first-order valence-electron chi connectivity index (χ1n) is 8.09. The van der Waals surface area contributed by atoms with Crippen LogP contribution >= 0.6 is 12.4 Å². The molecule has 0 radical (unpaired) electrons. The average molecular weight is 364 g/mol. The summed E-state index contributed by atoms with van der Waals surface area (Å²) >= 11 is 0. The number of halogens is 1. The van der Waals surface area contributed by atoms with Crippen LogP contribution in [0.2, 0.25) is 0 Å². The van der Waals surface area contributed by atoms with Gasteiger partial charge in [-0.15, -0.1) is 12.4 Å². The predicted octanol–water partition coefficient (Wildman–Crippen LogP) is 2.20. The fourth-order valence-electron chi connectivity index (χ4n) is 2.88. The summed E-state index contributed by atoms with van der Waals surface area (Å²) in [5.74, 6) is 0.321. The first-order valence-corrected chi connectivity index (χ1v) is 8.09. The van der Waals surface area contributed by atoms with E-state index in [1.807, 2.05) is 29.2 Å². The van der Waals surface area contributed by atoms with Gasteiger partial charge in [0, 0.05) is 38.3 Å². The number of carbonyl (C=O) groups is 2. The number of para-hydroxylation sites is 1. The molecule has 134 valence electrons. The van der Waals surface area contributed by atoms with Crippen molar-refractivity contribution in [1.82, 2.24) is 9.80 Å². The minimum Gasteiger partial charge on any atom is -0.459 e. The summed E-state index contributed by atoms with van der Waals surface area (Å²) in [5.41, 5.74) is 7.62. The van der Waals surface area contributed by atoms with Gasteiger partial charge < -0.3 is 20.0 Å². The fraction of sp³-hybridized carbons (Fsp3) is 0.333. The lowest BCUT2D eigenvalue weighted by atomic mass is 10.1. The number of nitrogen functional groups attached to an aromatic ring is 1. The minimum absolute atomic E-state index is 0. The molecule has 0 aliphatic carbocycles. The summed E-state index contributed by atoms with van der Waals surface area (Å²) in [7, 11) is 0. The van der Waals surface area contributed by atoms with Gasteiger partial charge in [0.15, 0.2) is 5.76 Å². The Labute approximate surface area is 153 Å². The van der Waals surface area contributed by atoms with E-state index in [1.165, 1.54) is 6.26 Å². The monoisotopic (exact) mass is 363 g/mol. The van der Waals surface area contributed by atoms with E-state index in [2.05, 4.69) is 0 Å². The quantitative estimate of drug-likeness (QED) is 0.844. The standard InChI is InChI=1S/C18H21N3O3.ClH/c19-15-5-2-1-4-14(15)7-8-17(22)20-9-11-21(12-10-20)18(23)16-6-3-13-24-16;/h1-6,13H,7-12,19H2;1H. The second-order valence-corrected chi connectivity index (χ2v) is 5.85. The van der Waals surface area contributed by atoms with Crippen molar-refractivity contribution >= 4 is 29.9 Å². The van der Waals surface area contributed by atoms with Crippen LogP contribution in [0.3, 0.4) is 0 Å². The number of furan rings is 1. The molecule has 0 spiro atoms. The molecule has 1 aromatic heterocycles. The Morgan fingerprint density at radius 1 is 1.00 bits per heavy atom. The number of piperazine rings is 1. The number of hydrogen-bond donors (Lipinski definition) is 1. The van der Waals surface area contributed by atoms with Crippen LogP contribution in [0, 0.1) is 0 Å². The van der Waals surface area contributed by atoms with Crippen molar-refractivity contribution in [3.63, 3.8) is 0 Å². The van der Waals surface area contributed by atoms with Crippen molar-refractivity contribution in [2.75, 3.05) is 31.9 Å². The van der Waals surface area contributed by atoms with Crippen molar-refractivity contribution in [1.29, 1.82) is 0 Å². The normalized spacial score (nSPS) is 14.1. The molecule has 1 aliphatic heterocycles. The second-order valence-electron chi connectivity index (χ2n) is 5.85. The maximum absolute atomic E-state index is 12.4. The lowest BCUT2D eigenvalue weighted by Gasteiger charge is -2.34. The fourth-order valence-corrected chi connectivity index (χ4v) is 2.88. The largest absolute Gasteiger partial charge is 0.459 e. The summed E-state index contributed by atoms with van der Waals surface area (Å²) in [6.07, 6.45) is 2.56. The molecule has 1 aromatic carbocycles. The Bertz CT molecular complexity index is 710. The smallest absolute Gasteiger partial charge is 0.289 e. The first-order chi connectivity index (χ1) is 11.6. The van der Waals surface area contributed by atoms with E-state index in [-0.39, 0.29) is 24.2 Å². The highest BCUT2D eigenvalue weighted by molar-refractivity contribution is 5.91. The van der Waals surface area contributed by atoms with Crippen molar-refractivity contribution in [2.24, 2.45) is 0 Å². The Kier molecular flexibility index (Phi) is 6.47. The molecule has 0 atom stereocenters. The van der Waals surface area contributed by atoms with Gasteiger partial charge in [-0.3, -0.25) is 9.59 Å². The molecular weight excluding hydrogens is 342 g/mol. The molecular formula is C18H22ClN3O3. The van der Waals surface area contributed by atoms with Crippen LogP contribution in [0.25, 0.3) is 0 Å². The van der Waals surface area contributed by atoms with Gasteiger partial charge in [0.25, 0.3) is 5.91 Å². The molecule has 3 rings (SSSR count). The number of aryl methyl sites for hydroxylation is 1. The summed E-state index contributed by atoms with van der Waals surface area (Å²) in [6, 6.07) is 11.0. The zero-order valence-corrected chi connectivity index (χ0v) is 14.7. The Morgan fingerprint density at radius 3 is 2.32 bits per heavy atom. The van der Waals surface area contributed by atoms with E-state index in [9.17, 15) is 9.59 Å². The molecule has 0 bridgehead atoms. The maximum atomic E-state index is 12.4. The summed E-state index contributed by atoms with van der Waals surface area (Å²) < 4.78 is 5.14. The number of hydrogen-bond acceptors (Lipinski definition) is 4. The zero-order valence-electron chi connectivity index (χ0n) is 13.9. The molecule has 0 saturated carbocycles. The number of rotatable bonds is 4. The van der Waals surface area contributed by atoms with Gasteiger partial charge in [0.2, 0.25) is 5.91 Å². The zero-order chi connectivity index (χ0) is 16.9. The SMILES string of the molecule is Cl.Nc1ccccc1CCC(=O)N1CCN(C(=O)c2ccco2)CC1. The van der Waals surface area contributed by atoms with Gasteiger partial charge in [0.05, 0.1) is 6.26 Å². The number of nitrogens with zero attached hydrogens (tertiary/aromatic N) is 2. The molecule has 6 nitrogen and oxygen atoms in total. The third-order valence-electron chi connectivity index (χ3n) is 4.31. The van der Waals surface area contributed by atoms with Crippen LogP contribution in [-0.4, -0.2) is 47.8 Å². The van der Waals surface area contributed by atoms with E-state index in [4.69, 9.17) is 10.2 Å². The van der Waals surface area contributed by atoms with Gasteiger partial charge in [-0.05, 0) is 30.2 Å². The number of nitrogens with two attached hydrogens (primary N) is 1. The van der Waals surface area contributed by atoms with Crippen LogP contribution in [0.4, 0.5) is 5.69 Å². The van der Waals surface area contributed by atoms with E-state index in [0.717, 1.165) is 11.3 Å². The van der Waals surface area contributed by atoms with Crippen molar-refractivity contribution in [3.05, 3.63) is 54.0 Å². The molecule has 1 fully saturated rings. The lowest BCUT2D eigenvalue weighted by molar-refractivity contribution is -0.132. The first kappa shape index (κ1) is 18.9. The molecule has 1 aliphatic rings. The number of benzene rings is 1. The van der Waals surface area contributed by atoms with Gasteiger partial charge in [0.1, 0.15) is 0 Å². The minimum atomic E-state index is -0.121. The van der Waals surface area contributed by atoms with Gasteiger partial charge in [-0.2, -0.15) is 0 Å². The maximum Gasteiger partial charge on any atom is 0.289 e.